The third-order valence-electron chi connectivity index (χ3n) is 4.58. The van der Waals surface area contributed by atoms with Gasteiger partial charge in [-0.1, -0.05) is 18.6 Å². The number of rotatable bonds is 4. The smallest absolute Gasteiger partial charge is 0.225 e. The van der Waals surface area contributed by atoms with Crippen LogP contribution >= 0.6 is 0 Å². The summed E-state index contributed by atoms with van der Waals surface area (Å²) in [6, 6.07) is 4.38. The van der Waals surface area contributed by atoms with E-state index in [4.69, 9.17) is 10.5 Å². The standard InChI is InChI=1S/C18H28N2O2/c1-12-8-14(9-13(2)17(12)22-4)11-20(3)18(21)15-6-5-7-16(19)10-15/h8-9,15-16H,5-7,10-11,19H2,1-4H3. The zero-order chi connectivity index (χ0) is 16.3. The Hall–Kier alpha value is -1.55. The molecule has 1 amide bonds. The molecule has 1 saturated carbocycles. The van der Waals surface area contributed by atoms with Gasteiger partial charge in [0.15, 0.2) is 0 Å². The average Bonchev–Trinajstić information content (AvgIpc) is 2.46. The van der Waals surface area contributed by atoms with Gasteiger partial charge in [-0.2, -0.15) is 0 Å². The molecule has 2 rings (SSSR count). The Balaban J connectivity index is 2.05. The highest BCUT2D eigenvalue weighted by Gasteiger charge is 2.27. The fourth-order valence-electron chi connectivity index (χ4n) is 3.57. The molecule has 0 aromatic heterocycles. The van der Waals surface area contributed by atoms with Gasteiger partial charge in [-0.25, -0.2) is 0 Å². The average molecular weight is 304 g/mol. The number of carbonyl (C=O) groups is 1. The number of aryl methyl sites for hydroxylation is 2. The predicted octanol–water partition coefficient (Wildman–Crippen LogP) is 2.79. The maximum Gasteiger partial charge on any atom is 0.225 e. The van der Waals surface area contributed by atoms with E-state index in [0.29, 0.717) is 6.54 Å². The molecule has 0 saturated heterocycles. The summed E-state index contributed by atoms with van der Waals surface area (Å²) in [5, 5.41) is 0. The van der Waals surface area contributed by atoms with Gasteiger partial charge in [-0.15, -0.1) is 0 Å². The van der Waals surface area contributed by atoms with E-state index in [1.165, 1.54) is 0 Å². The van der Waals surface area contributed by atoms with Crippen LogP contribution in [-0.4, -0.2) is 31.0 Å². The molecule has 4 heteroatoms. The van der Waals surface area contributed by atoms with E-state index < -0.39 is 0 Å². The molecule has 0 aliphatic heterocycles. The van der Waals surface area contributed by atoms with E-state index in [0.717, 1.165) is 48.1 Å². The van der Waals surface area contributed by atoms with Crippen LogP contribution in [0.4, 0.5) is 0 Å². The molecule has 1 fully saturated rings. The van der Waals surface area contributed by atoms with E-state index in [2.05, 4.69) is 12.1 Å². The summed E-state index contributed by atoms with van der Waals surface area (Å²) in [7, 11) is 3.58. The highest BCUT2D eigenvalue weighted by atomic mass is 16.5. The number of hydrogen-bond acceptors (Lipinski definition) is 3. The number of methoxy groups -OCH3 is 1. The van der Waals surface area contributed by atoms with Gasteiger partial charge in [0.05, 0.1) is 7.11 Å². The molecule has 1 aromatic rings. The maximum absolute atomic E-state index is 12.6. The largest absolute Gasteiger partial charge is 0.496 e. The first-order valence-corrected chi connectivity index (χ1v) is 8.07. The van der Waals surface area contributed by atoms with Crippen LogP contribution in [0.1, 0.15) is 42.4 Å². The van der Waals surface area contributed by atoms with E-state index in [1.807, 2.05) is 25.8 Å². The van der Waals surface area contributed by atoms with Crippen molar-refractivity contribution >= 4 is 5.91 Å². The summed E-state index contributed by atoms with van der Waals surface area (Å²) < 4.78 is 5.40. The van der Waals surface area contributed by atoms with E-state index in [9.17, 15) is 4.79 Å². The lowest BCUT2D eigenvalue weighted by atomic mass is 9.85. The van der Waals surface area contributed by atoms with Crippen LogP contribution in [0, 0.1) is 19.8 Å². The lowest BCUT2D eigenvalue weighted by Gasteiger charge is -2.29. The number of nitrogens with zero attached hydrogens (tertiary/aromatic N) is 1. The van der Waals surface area contributed by atoms with Gasteiger partial charge < -0.3 is 15.4 Å². The summed E-state index contributed by atoms with van der Waals surface area (Å²) in [4.78, 5) is 14.4. The summed E-state index contributed by atoms with van der Waals surface area (Å²) in [5.74, 6) is 1.24. The lowest BCUT2D eigenvalue weighted by Crippen LogP contribution is -2.38. The molecule has 0 radical (unpaired) electrons. The zero-order valence-electron chi connectivity index (χ0n) is 14.2. The molecule has 0 bridgehead atoms. The maximum atomic E-state index is 12.6. The summed E-state index contributed by atoms with van der Waals surface area (Å²) >= 11 is 0. The van der Waals surface area contributed by atoms with Crippen LogP contribution in [0.5, 0.6) is 5.75 Å². The molecule has 0 spiro atoms. The minimum atomic E-state index is 0.0918. The first-order valence-electron chi connectivity index (χ1n) is 8.07. The Bertz CT molecular complexity index is 519. The van der Waals surface area contributed by atoms with Crippen LogP contribution < -0.4 is 10.5 Å². The van der Waals surface area contributed by atoms with Gasteiger partial charge >= 0.3 is 0 Å². The number of amides is 1. The fraction of sp³-hybridized carbons (Fsp3) is 0.611. The van der Waals surface area contributed by atoms with Crippen molar-refractivity contribution in [3.05, 3.63) is 28.8 Å². The highest BCUT2D eigenvalue weighted by Crippen LogP contribution is 2.27. The molecule has 2 N–H and O–H groups in total. The second kappa shape index (κ2) is 7.14. The molecule has 1 aliphatic rings. The molecule has 1 aromatic carbocycles. The molecule has 0 heterocycles. The molecule has 2 atom stereocenters. The van der Waals surface area contributed by atoms with Gasteiger partial charge in [0.1, 0.15) is 5.75 Å². The van der Waals surface area contributed by atoms with Crippen molar-refractivity contribution in [1.29, 1.82) is 0 Å². The van der Waals surface area contributed by atoms with Crippen molar-refractivity contribution < 1.29 is 9.53 Å². The van der Waals surface area contributed by atoms with Gasteiger partial charge in [0.2, 0.25) is 5.91 Å². The van der Waals surface area contributed by atoms with E-state index in [1.54, 1.807) is 7.11 Å². The van der Waals surface area contributed by atoms with Crippen LogP contribution in [0.15, 0.2) is 12.1 Å². The third kappa shape index (κ3) is 3.80. The third-order valence-corrected chi connectivity index (χ3v) is 4.58. The first-order chi connectivity index (χ1) is 10.4. The van der Waals surface area contributed by atoms with Gasteiger partial charge in [0.25, 0.3) is 0 Å². The van der Waals surface area contributed by atoms with Crippen LogP contribution in [0.3, 0.4) is 0 Å². The Morgan fingerprint density at radius 2 is 1.95 bits per heavy atom. The molecule has 1 aliphatic carbocycles. The van der Waals surface area contributed by atoms with Gasteiger partial charge in [-0.05, 0) is 49.8 Å². The first kappa shape index (κ1) is 16.8. The van der Waals surface area contributed by atoms with Crippen molar-refractivity contribution in [2.24, 2.45) is 11.7 Å². The monoisotopic (exact) mass is 304 g/mol. The fourth-order valence-corrected chi connectivity index (χ4v) is 3.57. The Kier molecular flexibility index (Phi) is 5.46. The summed E-state index contributed by atoms with van der Waals surface area (Å²) in [5.41, 5.74) is 9.37. The SMILES string of the molecule is COc1c(C)cc(CN(C)C(=O)C2CCCC(N)C2)cc1C. The number of carbonyl (C=O) groups excluding carboxylic acids is 1. The highest BCUT2D eigenvalue weighted by molar-refractivity contribution is 5.78. The normalized spacial score (nSPS) is 21.5. The number of nitrogens with two attached hydrogens (primary N) is 1. The van der Waals surface area contributed by atoms with Crippen LogP contribution in [0.25, 0.3) is 0 Å². The van der Waals surface area contributed by atoms with E-state index >= 15 is 0 Å². The Morgan fingerprint density at radius 3 is 2.50 bits per heavy atom. The summed E-state index contributed by atoms with van der Waals surface area (Å²) in [6.07, 6.45) is 3.90. The van der Waals surface area contributed by atoms with Gasteiger partial charge in [0, 0.05) is 25.6 Å². The van der Waals surface area contributed by atoms with Crippen molar-refractivity contribution in [2.75, 3.05) is 14.2 Å². The number of ether oxygens (including phenoxy) is 1. The minimum Gasteiger partial charge on any atom is -0.496 e. The van der Waals surface area contributed by atoms with Crippen LogP contribution in [-0.2, 0) is 11.3 Å². The second-order valence-corrected chi connectivity index (χ2v) is 6.58. The number of benzene rings is 1. The molecule has 22 heavy (non-hydrogen) atoms. The quantitative estimate of drug-likeness (QED) is 0.930. The van der Waals surface area contributed by atoms with E-state index in [-0.39, 0.29) is 17.9 Å². The lowest BCUT2D eigenvalue weighted by molar-refractivity contribution is -0.135. The molecule has 4 nitrogen and oxygen atoms in total. The van der Waals surface area contributed by atoms with Crippen molar-refractivity contribution in [3.8, 4) is 5.75 Å². The van der Waals surface area contributed by atoms with Crippen LogP contribution in [0.2, 0.25) is 0 Å². The molecule has 122 valence electrons. The number of hydrogen-bond donors (Lipinski definition) is 1. The Labute approximate surface area is 133 Å². The van der Waals surface area contributed by atoms with Crippen molar-refractivity contribution in [1.82, 2.24) is 4.90 Å². The molecular weight excluding hydrogens is 276 g/mol. The van der Waals surface area contributed by atoms with Crippen molar-refractivity contribution in [3.63, 3.8) is 0 Å². The second-order valence-electron chi connectivity index (χ2n) is 6.58. The molecular formula is C18H28N2O2. The summed E-state index contributed by atoms with van der Waals surface area (Å²) in [6.45, 7) is 4.71. The van der Waals surface area contributed by atoms with Crippen molar-refractivity contribution in [2.45, 2.75) is 52.1 Å². The van der Waals surface area contributed by atoms with Gasteiger partial charge in [-0.3, -0.25) is 4.79 Å². The minimum absolute atomic E-state index is 0.0918. The predicted molar refractivity (Wildman–Crippen MR) is 88.9 cm³/mol. The topological polar surface area (TPSA) is 55.6 Å². The zero-order valence-corrected chi connectivity index (χ0v) is 14.2. The molecule has 2 unspecified atom stereocenters. The Morgan fingerprint density at radius 1 is 1.32 bits per heavy atom.